The number of carbonyl (C=O) groups is 1. The van der Waals surface area contributed by atoms with Crippen molar-refractivity contribution in [1.29, 1.82) is 0 Å². The number of aromatic nitrogens is 1. The number of methoxy groups -OCH3 is 1. The number of fused-ring (bicyclic) bond motifs is 2. The summed E-state index contributed by atoms with van der Waals surface area (Å²) in [5, 5.41) is 10.8. The zero-order chi connectivity index (χ0) is 17.4. The van der Waals surface area contributed by atoms with Crippen LogP contribution in [-0.4, -0.2) is 34.6 Å². The monoisotopic (exact) mass is 336 g/mol. The molecule has 5 heteroatoms. The summed E-state index contributed by atoms with van der Waals surface area (Å²) in [6, 6.07) is 13.3. The molecule has 1 unspecified atom stereocenters. The molecule has 0 bridgehead atoms. The minimum absolute atomic E-state index is 0.643. The Hall–Kier alpha value is -2.79. The van der Waals surface area contributed by atoms with E-state index in [1.165, 1.54) is 11.1 Å². The Labute approximate surface area is 145 Å². The number of nitrogens with zero attached hydrogens (tertiary/aromatic N) is 1. The number of hydrogen-bond donors (Lipinski definition) is 2. The Morgan fingerprint density at radius 1 is 1.24 bits per heavy atom. The largest absolute Gasteiger partial charge is 0.497 e. The van der Waals surface area contributed by atoms with Crippen LogP contribution in [0.25, 0.3) is 10.9 Å². The van der Waals surface area contributed by atoms with Gasteiger partial charge in [0.05, 0.1) is 7.11 Å². The predicted octanol–water partition coefficient (Wildman–Crippen LogP) is 3.36. The Morgan fingerprint density at radius 2 is 2.04 bits per heavy atom. The molecule has 0 aliphatic carbocycles. The van der Waals surface area contributed by atoms with Crippen molar-refractivity contribution in [3.63, 3.8) is 0 Å². The summed E-state index contributed by atoms with van der Waals surface area (Å²) in [5.41, 5.74) is 4.21. The van der Waals surface area contributed by atoms with Crippen LogP contribution in [0.1, 0.15) is 22.7 Å². The SMILES string of the molecule is COc1ccc2[nH]cc(C(C(=O)O)N3CCc4ccccc4C3)c2c1. The molecule has 1 aliphatic heterocycles. The zero-order valence-electron chi connectivity index (χ0n) is 14.0. The zero-order valence-corrected chi connectivity index (χ0v) is 14.0. The lowest BCUT2D eigenvalue weighted by atomic mass is 9.96. The van der Waals surface area contributed by atoms with E-state index < -0.39 is 12.0 Å². The van der Waals surface area contributed by atoms with Crippen molar-refractivity contribution in [2.75, 3.05) is 13.7 Å². The number of aromatic amines is 1. The van der Waals surface area contributed by atoms with Gasteiger partial charge in [-0.3, -0.25) is 9.69 Å². The molecule has 0 radical (unpaired) electrons. The second-order valence-electron chi connectivity index (χ2n) is 6.39. The molecule has 0 fully saturated rings. The first kappa shape index (κ1) is 15.7. The molecule has 2 N–H and O–H groups in total. The Balaban J connectivity index is 1.75. The molecule has 2 aromatic carbocycles. The number of H-pyrrole nitrogens is 1. The Bertz CT molecular complexity index is 932. The number of rotatable bonds is 4. The van der Waals surface area contributed by atoms with Crippen LogP contribution in [0, 0.1) is 0 Å². The molecule has 2 heterocycles. The number of nitrogens with one attached hydrogen (secondary N) is 1. The molecule has 128 valence electrons. The predicted molar refractivity (Wildman–Crippen MR) is 95.8 cm³/mol. The number of aliphatic carboxylic acids is 1. The molecule has 3 aromatic rings. The smallest absolute Gasteiger partial charge is 0.325 e. The van der Waals surface area contributed by atoms with Gasteiger partial charge in [0.1, 0.15) is 11.8 Å². The summed E-state index contributed by atoms with van der Waals surface area (Å²) in [6.07, 6.45) is 2.68. The van der Waals surface area contributed by atoms with E-state index in [0.717, 1.165) is 35.2 Å². The summed E-state index contributed by atoms with van der Waals surface area (Å²) >= 11 is 0. The Kier molecular flexibility index (Phi) is 3.93. The van der Waals surface area contributed by atoms with Gasteiger partial charge in [0.2, 0.25) is 0 Å². The number of hydrogen-bond acceptors (Lipinski definition) is 3. The highest BCUT2D eigenvalue weighted by Gasteiger charge is 2.32. The lowest BCUT2D eigenvalue weighted by Gasteiger charge is -2.33. The number of ether oxygens (including phenoxy) is 1. The van der Waals surface area contributed by atoms with Crippen LogP contribution in [0.3, 0.4) is 0 Å². The first-order valence-corrected chi connectivity index (χ1v) is 8.36. The van der Waals surface area contributed by atoms with E-state index in [4.69, 9.17) is 4.74 Å². The van der Waals surface area contributed by atoms with Gasteiger partial charge in [-0.15, -0.1) is 0 Å². The summed E-state index contributed by atoms with van der Waals surface area (Å²) in [7, 11) is 1.61. The molecular formula is C20H20N2O3. The first-order valence-electron chi connectivity index (χ1n) is 8.36. The number of benzene rings is 2. The van der Waals surface area contributed by atoms with Gasteiger partial charge >= 0.3 is 5.97 Å². The van der Waals surface area contributed by atoms with Crippen molar-refractivity contribution in [3.05, 3.63) is 65.4 Å². The van der Waals surface area contributed by atoms with Crippen LogP contribution in [0.15, 0.2) is 48.7 Å². The average molecular weight is 336 g/mol. The quantitative estimate of drug-likeness (QED) is 0.767. The first-order chi connectivity index (χ1) is 12.2. The lowest BCUT2D eigenvalue weighted by Crippen LogP contribution is -2.38. The second-order valence-corrected chi connectivity index (χ2v) is 6.39. The van der Waals surface area contributed by atoms with Crippen LogP contribution >= 0.6 is 0 Å². The van der Waals surface area contributed by atoms with E-state index in [1.54, 1.807) is 7.11 Å². The van der Waals surface area contributed by atoms with E-state index in [2.05, 4.69) is 17.1 Å². The van der Waals surface area contributed by atoms with Gasteiger partial charge in [0, 0.05) is 35.8 Å². The molecule has 5 nitrogen and oxygen atoms in total. The molecule has 1 atom stereocenters. The van der Waals surface area contributed by atoms with Crippen LogP contribution in [0.4, 0.5) is 0 Å². The van der Waals surface area contributed by atoms with Crippen molar-refractivity contribution in [2.24, 2.45) is 0 Å². The standard InChI is InChI=1S/C20H20N2O3/c1-25-15-6-7-18-16(10-15)17(11-21-18)19(20(23)24)22-9-8-13-4-2-3-5-14(13)12-22/h2-7,10-11,19,21H,8-9,12H2,1H3,(H,23,24). The fourth-order valence-electron chi connectivity index (χ4n) is 3.70. The highest BCUT2D eigenvalue weighted by atomic mass is 16.5. The van der Waals surface area contributed by atoms with E-state index in [9.17, 15) is 9.90 Å². The highest BCUT2D eigenvalue weighted by molar-refractivity contribution is 5.90. The molecule has 1 aromatic heterocycles. The van der Waals surface area contributed by atoms with Gasteiger partial charge in [-0.1, -0.05) is 24.3 Å². The molecule has 4 rings (SSSR count). The maximum atomic E-state index is 12.1. The number of carboxylic acids is 1. The third-order valence-electron chi connectivity index (χ3n) is 4.97. The fraction of sp³-hybridized carbons (Fsp3) is 0.250. The van der Waals surface area contributed by atoms with Crippen LogP contribution < -0.4 is 4.74 Å². The summed E-state index contributed by atoms with van der Waals surface area (Å²) < 4.78 is 5.30. The maximum Gasteiger partial charge on any atom is 0.325 e. The van der Waals surface area contributed by atoms with E-state index in [0.29, 0.717) is 6.54 Å². The molecule has 0 amide bonds. The van der Waals surface area contributed by atoms with Gasteiger partial charge in [0.25, 0.3) is 0 Å². The van der Waals surface area contributed by atoms with E-state index in [1.807, 2.05) is 41.4 Å². The van der Waals surface area contributed by atoms with E-state index >= 15 is 0 Å². The summed E-state index contributed by atoms with van der Waals surface area (Å²) in [6.45, 7) is 1.37. The van der Waals surface area contributed by atoms with Crippen molar-refractivity contribution >= 4 is 16.9 Å². The average Bonchev–Trinajstić information content (AvgIpc) is 3.04. The summed E-state index contributed by atoms with van der Waals surface area (Å²) in [4.78, 5) is 17.3. The third-order valence-corrected chi connectivity index (χ3v) is 4.97. The van der Waals surface area contributed by atoms with Gasteiger partial charge in [-0.25, -0.2) is 0 Å². The van der Waals surface area contributed by atoms with Crippen LogP contribution in [0.2, 0.25) is 0 Å². The van der Waals surface area contributed by atoms with Gasteiger partial charge in [-0.05, 0) is 35.7 Å². The van der Waals surface area contributed by atoms with Crippen molar-refractivity contribution < 1.29 is 14.6 Å². The molecule has 0 spiro atoms. The fourth-order valence-corrected chi connectivity index (χ4v) is 3.70. The third kappa shape index (κ3) is 2.76. The number of carboxylic acid groups (broad SMARTS) is 1. The highest BCUT2D eigenvalue weighted by Crippen LogP contribution is 2.33. The van der Waals surface area contributed by atoms with Crippen molar-refractivity contribution in [2.45, 2.75) is 19.0 Å². The minimum Gasteiger partial charge on any atom is -0.497 e. The van der Waals surface area contributed by atoms with Gasteiger partial charge in [-0.2, -0.15) is 0 Å². The van der Waals surface area contributed by atoms with E-state index in [-0.39, 0.29) is 0 Å². The molecule has 0 saturated heterocycles. The normalized spacial score (nSPS) is 15.7. The van der Waals surface area contributed by atoms with Crippen molar-refractivity contribution in [1.82, 2.24) is 9.88 Å². The van der Waals surface area contributed by atoms with Crippen LogP contribution in [0.5, 0.6) is 5.75 Å². The van der Waals surface area contributed by atoms with Crippen molar-refractivity contribution in [3.8, 4) is 5.75 Å². The Morgan fingerprint density at radius 3 is 2.80 bits per heavy atom. The molecular weight excluding hydrogens is 316 g/mol. The topological polar surface area (TPSA) is 65.6 Å². The minimum atomic E-state index is -0.830. The second kappa shape index (κ2) is 6.26. The maximum absolute atomic E-state index is 12.1. The lowest BCUT2D eigenvalue weighted by molar-refractivity contribution is -0.144. The summed E-state index contributed by atoms with van der Waals surface area (Å²) in [5.74, 6) is -0.107. The van der Waals surface area contributed by atoms with Crippen LogP contribution in [-0.2, 0) is 17.8 Å². The molecule has 1 aliphatic rings. The van der Waals surface area contributed by atoms with Gasteiger partial charge in [0.15, 0.2) is 0 Å². The van der Waals surface area contributed by atoms with Gasteiger partial charge < -0.3 is 14.8 Å². The molecule has 0 saturated carbocycles. The molecule has 25 heavy (non-hydrogen) atoms.